The van der Waals surface area contributed by atoms with Crippen molar-refractivity contribution in [2.75, 3.05) is 7.11 Å². The second kappa shape index (κ2) is 7.68. The summed E-state index contributed by atoms with van der Waals surface area (Å²) in [5, 5.41) is 1.17. The van der Waals surface area contributed by atoms with Gasteiger partial charge in [0.2, 0.25) is 0 Å². The predicted octanol–water partition coefficient (Wildman–Crippen LogP) is 4.22. The third-order valence-electron chi connectivity index (χ3n) is 3.82. The van der Waals surface area contributed by atoms with E-state index in [1.807, 2.05) is 13.0 Å². The summed E-state index contributed by atoms with van der Waals surface area (Å²) in [4.78, 5) is 0. The minimum absolute atomic E-state index is 0.0277. The van der Waals surface area contributed by atoms with Crippen molar-refractivity contribution in [2.24, 2.45) is 5.73 Å². The van der Waals surface area contributed by atoms with Crippen LogP contribution in [0.25, 0.3) is 0 Å². The number of ether oxygens (including phenoxy) is 2. The van der Waals surface area contributed by atoms with Crippen LogP contribution in [0.5, 0.6) is 5.75 Å². The zero-order chi connectivity index (χ0) is 15.4. The van der Waals surface area contributed by atoms with Crippen LogP contribution in [-0.4, -0.2) is 25.4 Å². The van der Waals surface area contributed by atoms with Crippen LogP contribution < -0.4 is 10.5 Å². The zero-order valence-corrected chi connectivity index (χ0v) is 14.1. The maximum atomic E-state index is 6.33. The van der Waals surface area contributed by atoms with Gasteiger partial charge in [0, 0.05) is 24.6 Å². The molecule has 1 saturated carbocycles. The average Bonchev–Trinajstić information content (AvgIpc) is 2.42. The molecule has 2 rings (SSSR count). The molecule has 0 bridgehead atoms. The van der Waals surface area contributed by atoms with Crippen LogP contribution >= 0.6 is 23.2 Å². The summed E-state index contributed by atoms with van der Waals surface area (Å²) >= 11 is 12.4. The van der Waals surface area contributed by atoms with Crippen LogP contribution in [0.2, 0.25) is 10.0 Å². The van der Waals surface area contributed by atoms with Gasteiger partial charge < -0.3 is 15.2 Å². The molecule has 1 aromatic carbocycles. The molecular weight excluding hydrogens is 309 g/mol. The Balaban J connectivity index is 2.17. The number of rotatable bonds is 5. The molecule has 2 N–H and O–H groups in total. The molecule has 1 aliphatic carbocycles. The van der Waals surface area contributed by atoms with Crippen LogP contribution in [0, 0.1) is 0 Å². The lowest BCUT2D eigenvalue weighted by molar-refractivity contribution is 0.0207. The Morgan fingerprint density at radius 2 is 2.00 bits per heavy atom. The summed E-state index contributed by atoms with van der Waals surface area (Å²) in [7, 11) is 1.75. The summed E-state index contributed by atoms with van der Waals surface area (Å²) in [6, 6.07) is 3.64. The van der Waals surface area contributed by atoms with Crippen molar-refractivity contribution < 1.29 is 9.47 Å². The first-order valence-electron chi connectivity index (χ1n) is 7.42. The normalized spacial score (nSPS) is 23.9. The highest BCUT2D eigenvalue weighted by Gasteiger charge is 2.25. The Bertz CT molecular complexity index is 480. The molecular formula is C16H23Cl2NO2. The number of nitrogens with two attached hydrogens (primary N) is 1. The first kappa shape index (κ1) is 16.9. The lowest BCUT2D eigenvalue weighted by Crippen LogP contribution is -2.30. The molecule has 3 nitrogen and oxygen atoms in total. The van der Waals surface area contributed by atoms with Crippen LogP contribution in [0.1, 0.15) is 38.2 Å². The number of halogens is 2. The highest BCUT2D eigenvalue weighted by Crippen LogP contribution is 2.36. The SMILES string of the molecule is COC1CCCC(Oc2c(Cl)cc(Cl)cc2CC(C)N)C1. The van der Waals surface area contributed by atoms with Crippen LogP contribution in [-0.2, 0) is 11.2 Å². The molecule has 0 amide bonds. The van der Waals surface area contributed by atoms with E-state index in [9.17, 15) is 0 Å². The van der Waals surface area contributed by atoms with E-state index in [-0.39, 0.29) is 18.2 Å². The van der Waals surface area contributed by atoms with Gasteiger partial charge in [-0.25, -0.2) is 0 Å². The van der Waals surface area contributed by atoms with Crippen molar-refractivity contribution >= 4 is 23.2 Å². The molecule has 0 aliphatic heterocycles. The van der Waals surface area contributed by atoms with Crippen LogP contribution in [0.3, 0.4) is 0 Å². The fourth-order valence-corrected chi connectivity index (χ4v) is 3.41. The van der Waals surface area contributed by atoms with Gasteiger partial charge in [-0.3, -0.25) is 0 Å². The van der Waals surface area contributed by atoms with Gasteiger partial charge in [-0.15, -0.1) is 0 Å². The lowest BCUT2D eigenvalue weighted by Gasteiger charge is -2.30. The van der Waals surface area contributed by atoms with Crippen molar-refractivity contribution in [2.45, 2.75) is 57.3 Å². The fourth-order valence-electron chi connectivity index (χ4n) is 2.83. The minimum Gasteiger partial charge on any atom is -0.488 e. The Kier molecular flexibility index (Phi) is 6.18. The quantitative estimate of drug-likeness (QED) is 0.878. The van der Waals surface area contributed by atoms with E-state index in [1.54, 1.807) is 13.2 Å². The van der Waals surface area contributed by atoms with E-state index < -0.39 is 0 Å². The van der Waals surface area contributed by atoms with Crippen molar-refractivity contribution in [3.8, 4) is 5.75 Å². The molecule has 3 atom stereocenters. The molecule has 3 unspecified atom stereocenters. The lowest BCUT2D eigenvalue weighted by atomic mass is 9.94. The number of methoxy groups -OCH3 is 1. The summed E-state index contributed by atoms with van der Waals surface area (Å²) in [5.74, 6) is 0.722. The largest absolute Gasteiger partial charge is 0.488 e. The smallest absolute Gasteiger partial charge is 0.141 e. The monoisotopic (exact) mass is 331 g/mol. The Morgan fingerprint density at radius 1 is 1.29 bits per heavy atom. The van der Waals surface area contributed by atoms with Crippen molar-refractivity contribution in [1.82, 2.24) is 0 Å². The molecule has 0 radical (unpaired) electrons. The fraction of sp³-hybridized carbons (Fsp3) is 0.625. The second-order valence-corrected chi connectivity index (χ2v) is 6.67. The highest BCUT2D eigenvalue weighted by atomic mass is 35.5. The molecule has 21 heavy (non-hydrogen) atoms. The van der Waals surface area contributed by atoms with E-state index in [0.717, 1.165) is 37.0 Å². The van der Waals surface area contributed by atoms with Gasteiger partial charge in [0.25, 0.3) is 0 Å². The minimum atomic E-state index is 0.0277. The standard InChI is InChI=1S/C16H23Cl2NO2/c1-10(19)6-11-7-12(17)8-15(18)16(11)21-14-5-3-4-13(9-14)20-2/h7-8,10,13-14H,3-6,9,19H2,1-2H3. The number of hydrogen-bond donors (Lipinski definition) is 1. The molecule has 1 aromatic rings. The van der Waals surface area contributed by atoms with E-state index in [4.69, 9.17) is 38.4 Å². The Morgan fingerprint density at radius 3 is 2.67 bits per heavy atom. The van der Waals surface area contributed by atoms with Gasteiger partial charge in [0.15, 0.2) is 0 Å². The van der Waals surface area contributed by atoms with E-state index in [2.05, 4.69) is 0 Å². The van der Waals surface area contributed by atoms with Crippen molar-refractivity contribution in [3.63, 3.8) is 0 Å². The Hall–Kier alpha value is -0.480. The predicted molar refractivity (Wildman–Crippen MR) is 87.5 cm³/mol. The molecule has 1 fully saturated rings. The molecule has 0 heterocycles. The first-order chi connectivity index (χ1) is 9.99. The molecule has 0 spiro atoms. The maximum absolute atomic E-state index is 6.33. The molecule has 0 saturated heterocycles. The summed E-state index contributed by atoms with van der Waals surface area (Å²) in [5.41, 5.74) is 6.88. The van der Waals surface area contributed by atoms with E-state index >= 15 is 0 Å². The van der Waals surface area contributed by atoms with Crippen molar-refractivity contribution in [1.29, 1.82) is 0 Å². The van der Waals surface area contributed by atoms with Crippen LogP contribution in [0.4, 0.5) is 0 Å². The van der Waals surface area contributed by atoms with Gasteiger partial charge in [-0.2, -0.15) is 0 Å². The topological polar surface area (TPSA) is 44.5 Å². The maximum Gasteiger partial charge on any atom is 0.141 e. The number of hydrogen-bond acceptors (Lipinski definition) is 3. The summed E-state index contributed by atoms with van der Waals surface area (Å²) in [6.45, 7) is 1.96. The van der Waals surface area contributed by atoms with Crippen LogP contribution in [0.15, 0.2) is 12.1 Å². The third-order valence-corrected chi connectivity index (χ3v) is 4.32. The third kappa shape index (κ3) is 4.75. The number of benzene rings is 1. The molecule has 5 heteroatoms. The Labute approximate surface area is 136 Å². The van der Waals surface area contributed by atoms with Gasteiger partial charge in [0.05, 0.1) is 11.1 Å². The molecule has 0 aromatic heterocycles. The summed E-state index contributed by atoms with van der Waals surface area (Å²) < 4.78 is 11.6. The van der Waals surface area contributed by atoms with Gasteiger partial charge in [-0.1, -0.05) is 23.2 Å². The zero-order valence-electron chi connectivity index (χ0n) is 12.6. The summed E-state index contributed by atoms with van der Waals surface area (Å²) in [6.07, 6.45) is 5.22. The van der Waals surface area contributed by atoms with Gasteiger partial charge in [0.1, 0.15) is 11.9 Å². The highest BCUT2D eigenvalue weighted by molar-refractivity contribution is 6.35. The average molecular weight is 332 g/mol. The van der Waals surface area contributed by atoms with E-state index in [0.29, 0.717) is 16.5 Å². The first-order valence-corrected chi connectivity index (χ1v) is 8.18. The van der Waals surface area contributed by atoms with E-state index in [1.165, 1.54) is 0 Å². The van der Waals surface area contributed by atoms with Gasteiger partial charge in [-0.05, 0) is 50.3 Å². The molecule has 118 valence electrons. The van der Waals surface area contributed by atoms with Gasteiger partial charge >= 0.3 is 0 Å². The van der Waals surface area contributed by atoms with Crippen molar-refractivity contribution in [3.05, 3.63) is 27.7 Å². The second-order valence-electron chi connectivity index (χ2n) is 5.82. The molecule has 1 aliphatic rings.